The van der Waals surface area contributed by atoms with Crippen LogP contribution < -0.4 is 10.5 Å². The lowest BCUT2D eigenvalue weighted by atomic mass is 10.1. The van der Waals surface area contributed by atoms with Crippen molar-refractivity contribution >= 4 is 5.91 Å². The second-order valence-electron chi connectivity index (χ2n) is 4.80. The molecule has 106 valence electrons. The molecule has 5 heteroatoms. The minimum Gasteiger partial charge on any atom is -0.490 e. The molecule has 1 amide bonds. The molecule has 0 heterocycles. The number of hydrogen-bond donors (Lipinski definition) is 1. The zero-order valence-corrected chi connectivity index (χ0v) is 11.6. The van der Waals surface area contributed by atoms with Gasteiger partial charge in [-0.2, -0.15) is 0 Å². The Morgan fingerprint density at radius 1 is 1.47 bits per heavy atom. The van der Waals surface area contributed by atoms with Gasteiger partial charge in [0.05, 0.1) is 13.0 Å². The average molecular weight is 268 g/mol. The number of benzene rings is 1. The summed E-state index contributed by atoms with van der Waals surface area (Å²) in [5.74, 6) is -0.271. The molecule has 0 bridgehead atoms. The molecular weight excluding hydrogens is 247 g/mol. The normalized spacial score (nSPS) is 12.1. The number of carbonyl (C=O) groups is 1. The highest BCUT2D eigenvalue weighted by molar-refractivity contribution is 5.75. The Bertz CT molecular complexity index is 433. The number of ether oxygens (including phenoxy) is 1. The number of amides is 1. The highest BCUT2D eigenvalue weighted by Gasteiger charge is 2.12. The van der Waals surface area contributed by atoms with E-state index in [0.717, 1.165) is 5.56 Å². The zero-order chi connectivity index (χ0) is 14.4. The first-order valence-corrected chi connectivity index (χ1v) is 6.27. The lowest BCUT2D eigenvalue weighted by Crippen LogP contribution is -2.24. The van der Waals surface area contributed by atoms with Gasteiger partial charge in [0, 0.05) is 20.1 Å². The molecule has 0 saturated carbocycles. The summed E-state index contributed by atoms with van der Waals surface area (Å²) < 4.78 is 19.1. The van der Waals surface area contributed by atoms with Crippen molar-refractivity contribution in [3.8, 4) is 5.75 Å². The van der Waals surface area contributed by atoms with Crippen molar-refractivity contribution in [3.05, 3.63) is 29.6 Å². The van der Waals surface area contributed by atoms with Crippen molar-refractivity contribution in [1.29, 1.82) is 0 Å². The van der Waals surface area contributed by atoms with Gasteiger partial charge in [-0.1, -0.05) is 12.1 Å². The first-order chi connectivity index (χ1) is 8.91. The number of halogens is 1. The van der Waals surface area contributed by atoms with Crippen LogP contribution in [-0.2, 0) is 11.2 Å². The highest BCUT2D eigenvalue weighted by Crippen LogP contribution is 2.24. The van der Waals surface area contributed by atoms with Crippen molar-refractivity contribution in [2.75, 3.05) is 20.7 Å². The summed E-state index contributed by atoms with van der Waals surface area (Å²) in [6.07, 6.45) is 0.758. The number of rotatable bonds is 6. The third-order valence-corrected chi connectivity index (χ3v) is 2.65. The van der Waals surface area contributed by atoms with E-state index in [1.807, 2.05) is 6.92 Å². The summed E-state index contributed by atoms with van der Waals surface area (Å²) in [5, 5.41) is 0. The van der Waals surface area contributed by atoms with Gasteiger partial charge in [0.25, 0.3) is 0 Å². The minimum absolute atomic E-state index is 0.0508. The number of nitrogens with two attached hydrogens (primary N) is 1. The van der Waals surface area contributed by atoms with E-state index in [2.05, 4.69) is 0 Å². The fourth-order valence-corrected chi connectivity index (χ4v) is 1.69. The quantitative estimate of drug-likeness (QED) is 0.852. The van der Waals surface area contributed by atoms with Crippen molar-refractivity contribution in [3.63, 3.8) is 0 Å². The van der Waals surface area contributed by atoms with Gasteiger partial charge < -0.3 is 15.4 Å². The molecule has 0 radical (unpaired) electrons. The maximum atomic E-state index is 13.7. The molecule has 1 aromatic rings. The molecule has 0 aliphatic heterocycles. The van der Waals surface area contributed by atoms with Crippen molar-refractivity contribution < 1.29 is 13.9 Å². The molecule has 19 heavy (non-hydrogen) atoms. The molecule has 0 saturated heterocycles. The molecule has 2 N–H and O–H groups in total. The molecule has 0 aliphatic carbocycles. The standard InChI is InChI=1S/C14H21FN2O2/c1-10(16)9-11-5-4-6-12(15)14(11)19-8-7-13(18)17(2)3/h4-6,10H,7-9,16H2,1-3H3. The van der Waals surface area contributed by atoms with E-state index < -0.39 is 5.82 Å². The minimum atomic E-state index is -0.421. The monoisotopic (exact) mass is 268 g/mol. The van der Waals surface area contributed by atoms with Crippen molar-refractivity contribution in [2.45, 2.75) is 25.8 Å². The van der Waals surface area contributed by atoms with Crippen molar-refractivity contribution in [1.82, 2.24) is 4.90 Å². The molecular formula is C14H21FN2O2. The van der Waals surface area contributed by atoms with Gasteiger partial charge in [0.2, 0.25) is 5.91 Å². The fourth-order valence-electron chi connectivity index (χ4n) is 1.69. The Labute approximate surface area is 113 Å². The van der Waals surface area contributed by atoms with Gasteiger partial charge in [-0.3, -0.25) is 4.79 Å². The predicted molar refractivity (Wildman–Crippen MR) is 72.6 cm³/mol. The molecule has 0 aromatic heterocycles. The number of nitrogens with zero attached hydrogens (tertiary/aromatic N) is 1. The van der Waals surface area contributed by atoms with Crippen LogP contribution in [-0.4, -0.2) is 37.6 Å². The summed E-state index contributed by atoms with van der Waals surface area (Å²) in [7, 11) is 3.35. The molecule has 1 rings (SSSR count). The average Bonchev–Trinajstić information content (AvgIpc) is 2.31. The molecule has 0 fully saturated rings. The fraction of sp³-hybridized carbons (Fsp3) is 0.500. The van der Waals surface area contributed by atoms with Crippen LogP contribution in [0.15, 0.2) is 18.2 Å². The van der Waals surface area contributed by atoms with E-state index in [1.54, 1.807) is 26.2 Å². The SMILES string of the molecule is CC(N)Cc1cccc(F)c1OCCC(=O)N(C)C. The Balaban J connectivity index is 2.68. The van der Waals surface area contributed by atoms with Crippen LogP contribution in [0.4, 0.5) is 4.39 Å². The molecule has 1 atom stereocenters. The van der Waals surface area contributed by atoms with Crippen LogP contribution in [0.5, 0.6) is 5.75 Å². The molecule has 4 nitrogen and oxygen atoms in total. The van der Waals surface area contributed by atoms with Crippen LogP contribution in [0, 0.1) is 5.82 Å². The summed E-state index contributed by atoms with van der Waals surface area (Å²) in [6, 6.07) is 4.68. The number of carbonyl (C=O) groups excluding carboxylic acids is 1. The van der Waals surface area contributed by atoms with Gasteiger partial charge in [-0.05, 0) is 25.0 Å². The molecule has 0 spiro atoms. The smallest absolute Gasteiger partial charge is 0.225 e. The number of para-hydroxylation sites is 1. The zero-order valence-electron chi connectivity index (χ0n) is 11.6. The maximum Gasteiger partial charge on any atom is 0.225 e. The first-order valence-electron chi connectivity index (χ1n) is 6.27. The number of hydrogen-bond acceptors (Lipinski definition) is 3. The summed E-state index contributed by atoms with van der Waals surface area (Å²) in [6.45, 7) is 2.01. The molecule has 0 aliphatic rings. The second-order valence-corrected chi connectivity index (χ2v) is 4.80. The van der Waals surface area contributed by atoms with E-state index in [9.17, 15) is 9.18 Å². The third-order valence-electron chi connectivity index (χ3n) is 2.65. The molecule has 1 unspecified atom stereocenters. The van der Waals surface area contributed by atoms with Gasteiger partial charge >= 0.3 is 0 Å². The van der Waals surface area contributed by atoms with Gasteiger partial charge in [0.15, 0.2) is 11.6 Å². The van der Waals surface area contributed by atoms with Crippen LogP contribution in [0.3, 0.4) is 0 Å². The highest BCUT2D eigenvalue weighted by atomic mass is 19.1. The van der Waals surface area contributed by atoms with Crippen LogP contribution in [0.25, 0.3) is 0 Å². The van der Waals surface area contributed by atoms with Crippen LogP contribution >= 0.6 is 0 Å². The Kier molecular flexibility index (Phi) is 5.76. The van der Waals surface area contributed by atoms with Crippen LogP contribution in [0.2, 0.25) is 0 Å². The summed E-state index contributed by atoms with van der Waals surface area (Å²) >= 11 is 0. The predicted octanol–water partition coefficient (Wildman–Crippen LogP) is 1.57. The Morgan fingerprint density at radius 2 is 2.16 bits per heavy atom. The van der Waals surface area contributed by atoms with E-state index >= 15 is 0 Å². The summed E-state index contributed by atoms with van der Waals surface area (Å²) in [4.78, 5) is 12.9. The topological polar surface area (TPSA) is 55.6 Å². The Hall–Kier alpha value is -1.62. The van der Waals surface area contributed by atoms with E-state index in [1.165, 1.54) is 11.0 Å². The lowest BCUT2D eigenvalue weighted by Gasteiger charge is -2.15. The summed E-state index contributed by atoms with van der Waals surface area (Å²) in [5.41, 5.74) is 6.45. The molecule has 1 aromatic carbocycles. The van der Waals surface area contributed by atoms with Gasteiger partial charge in [0.1, 0.15) is 0 Å². The van der Waals surface area contributed by atoms with E-state index in [0.29, 0.717) is 6.42 Å². The van der Waals surface area contributed by atoms with Crippen molar-refractivity contribution in [2.24, 2.45) is 5.73 Å². The first kappa shape index (κ1) is 15.4. The van der Waals surface area contributed by atoms with Gasteiger partial charge in [-0.25, -0.2) is 4.39 Å². The van der Waals surface area contributed by atoms with E-state index in [-0.39, 0.29) is 30.7 Å². The third kappa shape index (κ3) is 4.87. The van der Waals surface area contributed by atoms with Gasteiger partial charge in [-0.15, -0.1) is 0 Å². The second kappa shape index (κ2) is 7.09. The largest absolute Gasteiger partial charge is 0.490 e. The van der Waals surface area contributed by atoms with E-state index in [4.69, 9.17) is 10.5 Å². The Morgan fingerprint density at radius 3 is 2.74 bits per heavy atom. The maximum absolute atomic E-state index is 13.7. The lowest BCUT2D eigenvalue weighted by molar-refractivity contribution is -0.129. The van der Waals surface area contributed by atoms with Crippen LogP contribution in [0.1, 0.15) is 18.9 Å².